The van der Waals surface area contributed by atoms with E-state index in [1.54, 1.807) is 0 Å². The molecule has 5 nitrogen and oxygen atoms in total. The van der Waals surface area contributed by atoms with Crippen LogP contribution in [0, 0.1) is 11.3 Å². The van der Waals surface area contributed by atoms with Crippen LogP contribution in [0.2, 0.25) is 0 Å². The molecule has 0 aromatic rings. The van der Waals surface area contributed by atoms with Crippen LogP contribution in [0.25, 0.3) is 0 Å². The summed E-state index contributed by atoms with van der Waals surface area (Å²) in [6.07, 6.45) is 5.72. The predicted octanol–water partition coefficient (Wildman–Crippen LogP) is 1.83. The fourth-order valence-electron chi connectivity index (χ4n) is 4.28. The summed E-state index contributed by atoms with van der Waals surface area (Å²) in [5.41, 5.74) is -0.640. The Kier molecular flexibility index (Phi) is 3.58. The van der Waals surface area contributed by atoms with E-state index in [1.807, 2.05) is 0 Å². The fraction of sp³-hybridized carbons (Fsp3) is 0.867. The summed E-state index contributed by atoms with van der Waals surface area (Å²) in [4.78, 5) is 24.9. The highest BCUT2D eigenvalue weighted by Crippen LogP contribution is 2.56. The molecule has 2 atom stereocenters. The molecule has 0 aromatic carbocycles. The molecule has 1 heterocycles. The number of ether oxygens (including phenoxy) is 3. The van der Waals surface area contributed by atoms with Crippen molar-refractivity contribution in [2.24, 2.45) is 11.3 Å². The predicted molar refractivity (Wildman–Crippen MR) is 69.9 cm³/mol. The second-order valence-corrected chi connectivity index (χ2v) is 6.07. The quantitative estimate of drug-likeness (QED) is 0.542. The summed E-state index contributed by atoms with van der Waals surface area (Å²) >= 11 is 0. The van der Waals surface area contributed by atoms with Gasteiger partial charge in [0.15, 0.2) is 11.6 Å². The van der Waals surface area contributed by atoms with E-state index < -0.39 is 23.1 Å². The van der Waals surface area contributed by atoms with Crippen molar-refractivity contribution in [1.82, 2.24) is 0 Å². The monoisotopic (exact) mass is 282 g/mol. The largest absolute Gasteiger partial charge is 0.468 e. The molecule has 3 aliphatic rings. The van der Waals surface area contributed by atoms with Gasteiger partial charge in [0, 0.05) is 6.42 Å². The maximum atomic E-state index is 13.0. The number of carbonyl (C=O) groups excluding carboxylic acids is 2. The summed E-state index contributed by atoms with van der Waals surface area (Å²) in [6, 6.07) is 0. The van der Waals surface area contributed by atoms with Gasteiger partial charge in [-0.1, -0.05) is 12.8 Å². The highest BCUT2D eigenvalue weighted by Gasteiger charge is 2.63. The minimum Gasteiger partial charge on any atom is -0.468 e. The Bertz CT molecular complexity index is 408. The van der Waals surface area contributed by atoms with Crippen LogP contribution in [0.15, 0.2) is 0 Å². The molecule has 2 spiro atoms. The number of Topliss-reactive ketones (excluding diaryl/α,β-unsaturated/α-hetero) is 1. The van der Waals surface area contributed by atoms with Crippen molar-refractivity contribution in [3.63, 3.8) is 0 Å². The molecule has 3 fully saturated rings. The highest BCUT2D eigenvalue weighted by molar-refractivity contribution is 6.03. The Labute approximate surface area is 118 Å². The number of ketones is 1. The minimum absolute atomic E-state index is 0.0165. The lowest BCUT2D eigenvalue weighted by molar-refractivity contribution is -0.256. The van der Waals surface area contributed by atoms with Gasteiger partial charge in [0.2, 0.25) is 0 Å². The molecule has 2 aliphatic carbocycles. The van der Waals surface area contributed by atoms with Gasteiger partial charge in [-0.15, -0.1) is 0 Å². The first-order valence-electron chi connectivity index (χ1n) is 7.55. The maximum absolute atomic E-state index is 13.0. The van der Waals surface area contributed by atoms with Crippen molar-refractivity contribution in [1.29, 1.82) is 0 Å². The van der Waals surface area contributed by atoms with E-state index in [-0.39, 0.29) is 5.78 Å². The second-order valence-electron chi connectivity index (χ2n) is 6.07. The van der Waals surface area contributed by atoms with Crippen LogP contribution in [0.4, 0.5) is 0 Å². The van der Waals surface area contributed by atoms with Gasteiger partial charge in [0.1, 0.15) is 5.92 Å². The zero-order valence-corrected chi connectivity index (χ0v) is 12.0. The lowest BCUT2D eigenvalue weighted by Gasteiger charge is -2.51. The molecule has 112 valence electrons. The van der Waals surface area contributed by atoms with Gasteiger partial charge < -0.3 is 14.2 Å². The molecule has 1 aliphatic heterocycles. The smallest absolute Gasteiger partial charge is 0.316 e. The van der Waals surface area contributed by atoms with E-state index in [1.165, 1.54) is 7.11 Å². The zero-order valence-electron chi connectivity index (χ0n) is 12.0. The van der Waals surface area contributed by atoms with Gasteiger partial charge in [0.25, 0.3) is 0 Å². The molecule has 0 N–H and O–H groups in total. The van der Waals surface area contributed by atoms with Gasteiger partial charge in [-0.05, 0) is 25.7 Å². The summed E-state index contributed by atoms with van der Waals surface area (Å²) < 4.78 is 16.6. The summed E-state index contributed by atoms with van der Waals surface area (Å²) in [7, 11) is 1.34. The molecule has 0 radical (unpaired) electrons. The normalized spacial score (nSPS) is 36.5. The van der Waals surface area contributed by atoms with Crippen LogP contribution in [0.5, 0.6) is 0 Å². The fourth-order valence-corrected chi connectivity index (χ4v) is 4.28. The van der Waals surface area contributed by atoms with E-state index in [4.69, 9.17) is 14.2 Å². The third-order valence-corrected chi connectivity index (χ3v) is 5.21. The number of fused-ring (bicyclic) bond motifs is 1. The molecule has 20 heavy (non-hydrogen) atoms. The van der Waals surface area contributed by atoms with Gasteiger partial charge in [-0.25, -0.2) is 0 Å². The number of hydrogen-bond acceptors (Lipinski definition) is 5. The van der Waals surface area contributed by atoms with Crippen LogP contribution < -0.4 is 0 Å². The second kappa shape index (κ2) is 5.11. The van der Waals surface area contributed by atoms with E-state index in [0.717, 1.165) is 38.5 Å². The van der Waals surface area contributed by atoms with Gasteiger partial charge in [0.05, 0.1) is 25.7 Å². The molecule has 1 saturated heterocycles. The maximum Gasteiger partial charge on any atom is 0.316 e. The number of methoxy groups -OCH3 is 1. The van der Waals surface area contributed by atoms with Crippen molar-refractivity contribution in [2.45, 2.75) is 50.7 Å². The van der Waals surface area contributed by atoms with Gasteiger partial charge in [-0.3, -0.25) is 9.59 Å². The summed E-state index contributed by atoms with van der Waals surface area (Å²) in [5, 5.41) is 0. The lowest BCUT2D eigenvalue weighted by atomic mass is 9.58. The summed E-state index contributed by atoms with van der Waals surface area (Å²) in [5.74, 6) is -1.85. The Balaban J connectivity index is 1.95. The Morgan fingerprint density at radius 2 is 1.80 bits per heavy atom. The van der Waals surface area contributed by atoms with Crippen LogP contribution in [0.3, 0.4) is 0 Å². The average Bonchev–Trinajstić information content (AvgIpc) is 2.94. The van der Waals surface area contributed by atoms with Gasteiger partial charge >= 0.3 is 5.97 Å². The van der Waals surface area contributed by atoms with E-state index in [0.29, 0.717) is 19.6 Å². The van der Waals surface area contributed by atoms with Gasteiger partial charge in [-0.2, -0.15) is 0 Å². The SMILES string of the molecule is COC(=O)C1CCC[C@@]2(CCCCC23OCCO3)C1=O. The zero-order chi connectivity index (χ0) is 14.2. The molecule has 0 aromatic heterocycles. The first-order valence-corrected chi connectivity index (χ1v) is 7.55. The molecular formula is C15H22O5. The molecule has 0 bridgehead atoms. The minimum atomic E-state index is -0.783. The topological polar surface area (TPSA) is 61.8 Å². The van der Waals surface area contributed by atoms with Crippen molar-refractivity contribution in [2.75, 3.05) is 20.3 Å². The van der Waals surface area contributed by atoms with Crippen LogP contribution in [-0.4, -0.2) is 37.9 Å². The number of carbonyl (C=O) groups is 2. The van der Waals surface area contributed by atoms with Crippen LogP contribution in [-0.2, 0) is 23.8 Å². The van der Waals surface area contributed by atoms with Crippen LogP contribution in [0.1, 0.15) is 44.9 Å². The Morgan fingerprint density at radius 3 is 2.50 bits per heavy atom. The molecular weight excluding hydrogens is 260 g/mol. The Hall–Kier alpha value is -0.940. The highest BCUT2D eigenvalue weighted by atomic mass is 16.7. The third kappa shape index (κ3) is 1.83. The average molecular weight is 282 g/mol. The lowest BCUT2D eigenvalue weighted by Crippen LogP contribution is -2.60. The summed E-state index contributed by atoms with van der Waals surface area (Å²) in [6.45, 7) is 1.08. The standard InChI is InChI=1S/C15H22O5/c1-18-13(17)11-5-4-7-14(12(11)16)6-2-3-8-15(14)19-9-10-20-15/h11H,2-10H2,1H3/t11?,14-/m0/s1. The molecule has 1 unspecified atom stereocenters. The first kappa shape index (κ1) is 14.0. The van der Waals surface area contributed by atoms with E-state index >= 15 is 0 Å². The van der Waals surface area contributed by atoms with E-state index in [9.17, 15) is 9.59 Å². The molecule has 5 heteroatoms. The van der Waals surface area contributed by atoms with Crippen molar-refractivity contribution in [3.05, 3.63) is 0 Å². The van der Waals surface area contributed by atoms with Crippen LogP contribution >= 0.6 is 0 Å². The van der Waals surface area contributed by atoms with Crippen molar-refractivity contribution < 1.29 is 23.8 Å². The molecule has 0 amide bonds. The number of hydrogen-bond donors (Lipinski definition) is 0. The third-order valence-electron chi connectivity index (χ3n) is 5.21. The van der Waals surface area contributed by atoms with E-state index in [2.05, 4.69) is 0 Å². The molecule has 3 rings (SSSR count). The number of rotatable bonds is 1. The molecule has 2 saturated carbocycles. The van der Waals surface area contributed by atoms with Crippen molar-refractivity contribution >= 4 is 11.8 Å². The number of esters is 1. The first-order chi connectivity index (χ1) is 9.65. The van der Waals surface area contributed by atoms with Crippen molar-refractivity contribution in [3.8, 4) is 0 Å². The Morgan fingerprint density at radius 1 is 1.15 bits per heavy atom.